The number of likely N-dealkylation sites (N-methyl/N-ethyl adjacent to an activating group) is 1. The molecule has 4 unspecified atom stereocenters. The molecule has 3 fully saturated rings. The molecule has 2 N–H and O–H groups in total. The van der Waals surface area contributed by atoms with Gasteiger partial charge in [-0.05, 0) is 87.5 Å². The van der Waals surface area contributed by atoms with Gasteiger partial charge >= 0.3 is 13.8 Å². The number of quaternary nitrogens is 1. The smallest absolute Gasteiger partial charge is 0.448 e. The lowest BCUT2D eigenvalue weighted by atomic mass is 9.46. The Balaban J connectivity index is 1.32. The van der Waals surface area contributed by atoms with Crippen molar-refractivity contribution in [1.82, 2.24) is 0 Å². The summed E-state index contributed by atoms with van der Waals surface area (Å²) >= 11 is 0. The summed E-state index contributed by atoms with van der Waals surface area (Å²) in [5, 5.41) is 11.4. The molecular formula is C29H47NO7P+. The lowest BCUT2D eigenvalue weighted by Crippen LogP contribution is -2.57. The van der Waals surface area contributed by atoms with Crippen LogP contribution in [0.4, 0.5) is 0 Å². The number of phosphoric acid groups is 1. The lowest BCUT2D eigenvalue weighted by molar-refractivity contribution is -0.870. The van der Waals surface area contributed by atoms with E-state index in [2.05, 4.69) is 19.9 Å². The Morgan fingerprint density at radius 1 is 1.16 bits per heavy atom. The summed E-state index contributed by atoms with van der Waals surface area (Å²) in [5.74, 6) is 0.849. The van der Waals surface area contributed by atoms with Crippen molar-refractivity contribution in [2.24, 2.45) is 28.6 Å². The SMILES string of the molecule is CC1=C(C)[C@@]2(OC1=O)C(O)C[C@H]1C3CC=C4CC(OP(=O)(O)OCC[N+](C)(C)C)CC[C@]4(C)[C@H]3CC[C@@]12C. The number of aliphatic hydroxyl groups is 1. The second-order valence-electron chi connectivity index (χ2n) is 14.1. The van der Waals surface area contributed by atoms with E-state index in [4.69, 9.17) is 13.8 Å². The van der Waals surface area contributed by atoms with Crippen LogP contribution in [0.5, 0.6) is 0 Å². The standard InChI is InChI=1S/C29H46NO7P/c1-18-19(2)29(36-26(18)32)25(31)17-24-22-9-8-20-16-21(37-38(33,34)35-15-14-30(5,6)7)10-12-27(20,3)23(22)11-13-28(24,29)4/h8,21-25,31H,9-17H2,1-7H3/p+1/t21?,22?,23-,24-,25?,27-,28-,29+/m0/s1. The van der Waals surface area contributed by atoms with Crippen molar-refractivity contribution in [3.05, 3.63) is 22.8 Å². The van der Waals surface area contributed by atoms with Gasteiger partial charge in [0, 0.05) is 11.0 Å². The average molecular weight is 553 g/mol. The Hall–Kier alpha value is -1.02. The zero-order valence-electron chi connectivity index (χ0n) is 24.2. The molecular weight excluding hydrogens is 505 g/mol. The van der Waals surface area contributed by atoms with E-state index in [1.807, 2.05) is 35.0 Å². The van der Waals surface area contributed by atoms with Crippen molar-refractivity contribution in [2.45, 2.75) is 90.4 Å². The summed E-state index contributed by atoms with van der Waals surface area (Å²) in [5.41, 5.74) is 1.69. The van der Waals surface area contributed by atoms with Crippen molar-refractivity contribution in [1.29, 1.82) is 0 Å². The summed E-state index contributed by atoms with van der Waals surface area (Å²) in [6, 6.07) is 0. The largest absolute Gasteiger partial charge is 0.472 e. The highest BCUT2D eigenvalue weighted by molar-refractivity contribution is 7.47. The zero-order valence-corrected chi connectivity index (χ0v) is 25.1. The first-order chi connectivity index (χ1) is 17.5. The molecule has 0 radical (unpaired) electrons. The Kier molecular flexibility index (Phi) is 6.94. The minimum Gasteiger partial charge on any atom is -0.448 e. The van der Waals surface area contributed by atoms with Crippen LogP contribution in [0.1, 0.15) is 72.6 Å². The van der Waals surface area contributed by atoms with E-state index in [0.717, 1.165) is 31.3 Å². The van der Waals surface area contributed by atoms with Gasteiger partial charge in [-0.25, -0.2) is 9.36 Å². The topological polar surface area (TPSA) is 102 Å². The van der Waals surface area contributed by atoms with Gasteiger partial charge in [0.05, 0.1) is 33.4 Å². The molecule has 9 atom stereocenters. The number of ether oxygens (including phenoxy) is 1. The molecule has 1 spiro atoms. The quantitative estimate of drug-likeness (QED) is 0.212. The Morgan fingerprint density at radius 2 is 1.87 bits per heavy atom. The lowest BCUT2D eigenvalue weighted by Gasteiger charge is -2.59. The van der Waals surface area contributed by atoms with Crippen LogP contribution in [-0.4, -0.2) is 72.6 Å². The normalized spacial score (nSPS) is 44.3. The van der Waals surface area contributed by atoms with Gasteiger partial charge in [0.15, 0.2) is 5.60 Å². The molecule has 0 aromatic carbocycles. The van der Waals surface area contributed by atoms with Crippen LogP contribution in [0.3, 0.4) is 0 Å². The van der Waals surface area contributed by atoms with Gasteiger partial charge in [-0.3, -0.25) is 9.05 Å². The van der Waals surface area contributed by atoms with E-state index in [9.17, 15) is 19.4 Å². The summed E-state index contributed by atoms with van der Waals surface area (Å²) in [7, 11) is 1.91. The number of rotatable bonds is 6. The molecule has 0 bridgehead atoms. The van der Waals surface area contributed by atoms with Crippen LogP contribution in [0.15, 0.2) is 22.8 Å². The third-order valence-corrected chi connectivity index (χ3v) is 12.3. The molecule has 8 nitrogen and oxygen atoms in total. The van der Waals surface area contributed by atoms with Crippen LogP contribution >= 0.6 is 7.82 Å². The predicted molar refractivity (Wildman–Crippen MR) is 144 cm³/mol. The summed E-state index contributed by atoms with van der Waals surface area (Å²) in [6.07, 6.45) is 7.08. The molecule has 9 heteroatoms. The molecule has 214 valence electrons. The first-order valence-corrected chi connectivity index (χ1v) is 15.8. The zero-order chi connectivity index (χ0) is 27.9. The molecule has 3 saturated carbocycles. The van der Waals surface area contributed by atoms with Gasteiger partial charge < -0.3 is 19.2 Å². The van der Waals surface area contributed by atoms with Crippen molar-refractivity contribution in [3.8, 4) is 0 Å². The van der Waals surface area contributed by atoms with Crippen LogP contribution in [-0.2, 0) is 23.1 Å². The van der Waals surface area contributed by atoms with E-state index < -0.39 is 19.5 Å². The van der Waals surface area contributed by atoms with Crippen LogP contribution in [0, 0.1) is 28.6 Å². The Morgan fingerprint density at radius 3 is 2.50 bits per heavy atom. The van der Waals surface area contributed by atoms with Gasteiger partial charge in [-0.2, -0.15) is 0 Å². The first-order valence-electron chi connectivity index (χ1n) is 14.3. The summed E-state index contributed by atoms with van der Waals surface area (Å²) in [4.78, 5) is 22.9. The maximum Gasteiger partial charge on any atom is 0.472 e. The van der Waals surface area contributed by atoms with Gasteiger partial charge in [0.2, 0.25) is 0 Å². The van der Waals surface area contributed by atoms with Gasteiger partial charge in [-0.1, -0.05) is 25.5 Å². The molecule has 4 aliphatic carbocycles. The van der Waals surface area contributed by atoms with E-state index in [1.54, 1.807) is 0 Å². The van der Waals surface area contributed by atoms with E-state index in [1.165, 1.54) is 5.57 Å². The minimum absolute atomic E-state index is 0.00197. The first kappa shape index (κ1) is 28.5. The monoisotopic (exact) mass is 552 g/mol. The fraction of sp³-hybridized carbons (Fsp3) is 0.828. The van der Waals surface area contributed by atoms with E-state index >= 15 is 0 Å². The number of hydrogen-bond acceptors (Lipinski definition) is 6. The third-order valence-electron chi connectivity index (χ3n) is 11.2. The number of phosphoric ester groups is 1. The Bertz CT molecular complexity index is 1110. The highest BCUT2D eigenvalue weighted by Crippen LogP contribution is 2.70. The van der Waals surface area contributed by atoms with Gasteiger partial charge in [0.25, 0.3) is 0 Å². The number of carbonyl (C=O) groups excluding carboxylic acids is 1. The highest BCUT2D eigenvalue weighted by Gasteiger charge is 2.71. The van der Waals surface area contributed by atoms with Crippen molar-refractivity contribution in [2.75, 3.05) is 34.3 Å². The van der Waals surface area contributed by atoms with E-state index in [0.29, 0.717) is 47.7 Å². The average Bonchev–Trinajstić information content (AvgIpc) is 3.18. The van der Waals surface area contributed by atoms with Gasteiger partial charge in [-0.15, -0.1) is 0 Å². The molecule has 38 heavy (non-hydrogen) atoms. The van der Waals surface area contributed by atoms with Gasteiger partial charge in [0.1, 0.15) is 13.2 Å². The van der Waals surface area contributed by atoms with Crippen LogP contribution in [0.25, 0.3) is 0 Å². The fourth-order valence-electron chi connectivity index (χ4n) is 8.96. The molecule has 5 rings (SSSR count). The molecule has 0 aromatic heterocycles. The fourth-order valence-corrected chi connectivity index (χ4v) is 9.89. The number of esters is 1. The van der Waals surface area contributed by atoms with Crippen LogP contribution < -0.4 is 0 Å². The van der Waals surface area contributed by atoms with Crippen LogP contribution in [0.2, 0.25) is 0 Å². The Labute approximate surface area is 227 Å². The second-order valence-corrected chi connectivity index (χ2v) is 15.5. The molecule has 0 amide bonds. The minimum atomic E-state index is -4.12. The maximum absolute atomic E-state index is 12.6. The second kappa shape index (κ2) is 9.25. The molecule has 1 heterocycles. The van der Waals surface area contributed by atoms with Crippen molar-refractivity contribution in [3.63, 3.8) is 0 Å². The number of carbonyl (C=O) groups is 1. The number of nitrogens with zero attached hydrogens (tertiary/aromatic N) is 1. The van der Waals surface area contributed by atoms with Crippen molar-refractivity contribution >= 4 is 13.8 Å². The molecule has 5 aliphatic rings. The van der Waals surface area contributed by atoms with Crippen molar-refractivity contribution < 1.29 is 37.6 Å². The molecule has 0 saturated heterocycles. The molecule has 1 aliphatic heterocycles. The van der Waals surface area contributed by atoms with E-state index in [-0.39, 0.29) is 35.4 Å². The number of hydrogen-bond donors (Lipinski definition) is 2. The number of fused-ring (bicyclic) bond motifs is 6. The highest BCUT2D eigenvalue weighted by atomic mass is 31.2. The number of aliphatic hydroxyl groups excluding tert-OH is 1. The number of allylic oxidation sites excluding steroid dienone is 1. The summed E-state index contributed by atoms with van der Waals surface area (Å²) < 4.78 is 30.3. The third kappa shape index (κ3) is 4.29. The summed E-state index contributed by atoms with van der Waals surface area (Å²) in [6.45, 7) is 9.18. The maximum atomic E-state index is 12.6. The predicted octanol–water partition coefficient (Wildman–Crippen LogP) is 4.76. The molecule has 0 aromatic rings.